The third-order valence-electron chi connectivity index (χ3n) is 5.11. The number of nitrogens with zero attached hydrogens (tertiary/aromatic N) is 2. The first-order valence-corrected chi connectivity index (χ1v) is 9.14. The van der Waals surface area contributed by atoms with E-state index in [0.29, 0.717) is 39.5 Å². The monoisotopic (exact) mass is 360 g/mol. The molecule has 2 aromatic rings. The fraction of sp³-hybridized carbons (Fsp3) is 0.556. The molecular formula is C18H24N4O4. The van der Waals surface area contributed by atoms with Crippen LogP contribution in [0.1, 0.15) is 18.9 Å². The van der Waals surface area contributed by atoms with E-state index in [-0.39, 0.29) is 23.9 Å². The molecule has 26 heavy (non-hydrogen) atoms. The van der Waals surface area contributed by atoms with Gasteiger partial charge in [-0.05, 0) is 25.0 Å². The quantitative estimate of drug-likeness (QED) is 0.858. The number of ether oxygens (including phenoxy) is 2. The first kappa shape index (κ1) is 17.1. The zero-order chi connectivity index (χ0) is 17.9. The van der Waals surface area contributed by atoms with Gasteiger partial charge in [0.05, 0.1) is 37.0 Å². The highest BCUT2D eigenvalue weighted by Gasteiger charge is 2.26. The Morgan fingerprint density at radius 2 is 2.04 bits per heavy atom. The summed E-state index contributed by atoms with van der Waals surface area (Å²) in [6, 6.07) is 7.75. The summed E-state index contributed by atoms with van der Waals surface area (Å²) in [4.78, 5) is 29.4. The molecule has 8 heteroatoms. The van der Waals surface area contributed by atoms with E-state index in [1.807, 2.05) is 28.8 Å². The molecule has 1 aromatic heterocycles. The highest BCUT2D eigenvalue weighted by molar-refractivity contribution is 5.75. The van der Waals surface area contributed by atoms with Gasteiger partial charge >= 0.3 is 11.7 Å². The van der Waals surface area contributed by atoms with Crippen LogP contribution in [0, 0.1) is 0 Å². The number of urea groups is 1. The molecule has 2 fully saturated rings. The first-order chi connectivity index (χ1) is 12.7. The Hall–Kier alpha value is -2.32. The maximum absolute atomic E-state index is 12.4. The van der Waals surface area contributed by atoms with Crippen LogP contribution in [0.25, 0.3) is 11.0 Å². The number of carbonyl (C=O) groups is 1. The van der Waals surface area contributed by atoms with Gasteiger partial charge in [-0.1, -0.05) is 12.1 Å². The second kappa shape index (κ2) is 7.51. The molecule has 0 spiro atoms. The van der Waals surface area contributed by atoms with Gasteiger partial charge in [0, 0.05) is 25.7 Å². The van der Waals surface area contributed by atoms with Gasteiger partial charge in [0.2, 0.25) is 0 Å². The number of para-hydroxylation sites is 2. The Labute approximate surface area is 151 Å². The van der Waals surface area contributed by atoms with Crippen molar-refractivity contribution in [1.82, 2.24) is 19.8 Å². The minimum Gasteiger partial charge on any atom is -0.376 e. The third-order valence-corrected chi connectivity index (χ3v) is 5.11. The number of hydrogen-bond acceptors (Lipinski definition) is 4. The maximum Gasteiger partial charge on any atom is 0.326 e. The normalized spacial score (nSPS) is 21.8. The lowest BCUT2D eigenvalue weighted by Gasteiger charge is -2.33. The fourth-order valence-electron chi connectivity index (χ4n) is 3.73. The second-order valence-electron chi connectivity index (χ2n) is 6.79. The number of likely N-dealkylation sites (tertiary alicyclic amines) is 1. The smallest absolute Gasteiger partial charge is 0.326 e. The summed E-state index contributed by atoms with van der Waals surface area (Å²) in [5, 5.41) is 2.92. The predicted molar refractivity (Wildman–Crippen MR) is 96.4 cm³/mol. The number of benzene rings is 1. The minimum atomic E-state index is -0.0800. The summed E-state index contributed by atoms with van der Waals surface area (Å²) in [5.74, 6) is 0. The molecule has 0 radical (unpaired) electrons. The van der Waals surface area contributed by atoms with Gasteiger partial charge in [0.25, 0.3) is 0 Å². The van der Waals surface area contributed by atoms with Crippen LogP contribution in [0.2, 0.25) is 0 Å². The zero-order valence-electron chi connectivity index (χ0n) is 14.6. The van der Waals surface area contributed by atoms with Crippen LogP contribution in [-0.4, -0.2) is 66.0 Å². The lowest BCUT2D eigenvalue weighted by Crippen LogP contribution is -2.48. The van der Waals surface area contributed by atoms with Crippen molar-refractivity contribution in [2.24, 2.45) is 0 Å². The Bertz CT molecular complexity index is 816. The van der Waals surface area contributed by atoms with Gasteiger partial charge in [0.1, 0.15) is 0 Å². The summed E-state index contributed by atoms with van der Waals surface area (Å²) in [5.41, 5.74) is 1.70. The average molecular weight is 360 g/mol. The van der Waals surface area contributed by atoms with Gasteiger partial charge in [-0.3, -0.25) is 4.57 Å². The number of carbonyl (C=O) groups excluding carboxylic acids is 1. The molecule has 8 nitrogen and oxygen atoms in total. The van der Waals surface area contributed by atoms with Crippen LogP contribution in [0.5, 0.6) is 0 Å². The summed E-state index contributed by atoms with van der Waals surface area (Å²) < 4.78 is 12.7. The van der Waals surface area contributed by atoms with Crippen LogP contribution < -0.4 is 11.0 Å². The summed E-state index contributed by atoms with van der Waals surface area (Å²) in [6.45, 7) is 3.43. The molecule has 4 rings (SSSR count). The Morgan fingerprint density at radius 3 is 2.81 bits per heavy atom. The molecule has 2 aliphatic heterocycles. The molecule has 1 atom stereocenters. The Balaban J connectivity index is 1.34. The Morgan fingerprint density at radius 1 is 1.23 bits per heavy atom. The minimum absolute atomic E-state index is 0.0740. The number of fused-ring (bicyclic) bond motifs is 1. The van der Waals surface area contributed by atoms with E-state index in [1.165, 1.54) is 0 Å². The van der Waals surface area contributed by atoms with E-state index >= 15 is 0 Å². The lowest BCUT2D eigenvalue weighted by molar-refractivity contribution is -0.0856. The van der Waals surface area contributed by atoms with Crippen LogP contribution in [0.4, 0.5) is 4.79 Å². The first-order valence-electron chi connectivity index (χ1n) is 9.14. The average Bonchev–Trinajstić information content (AvgIpc) is 3.03. The number of aromatic nitrogens is 2. The number of aromatic amines is 1. The van der Waals surface area contributed by atoms with Crippen LogP contribution in [-0.2, 0) is 9.47 Å². The van der Waals surface area contributed by atoms with E-state index in [0.717, 1.165) is 23.9 Å². The summed E-state index contributed by atoms with van der Waals surface area (Å²) >= 11 is 0. The number of imidazole rings is 1. The standard InChI is InChI=1S/C18H24N4O4/c23-17(19-11-14-12-25-9-10-26-14)21-7-5-13(6-8-21)22-16-4-2-1-3-15(16)20-18(22)24/h1-4,13-14H,5-12H2,(H,19,23)(H,20,24). The van der Waals surface area contributed by atoms with Crippen molar-refractivity contribution in [2.75, 3.05) is 39.5 Å². The van der Waals surface area contributed by atoms with Crippen molar-refractivity contribution < 1.29 is 14.3 Å². The van der Waals surface area contributed by atoms with Gasteiger partial charge < -0.3 is 24.7 Å². The highest BCUT2D eigenvalue weighted by Crippen LogP contribution is 2.24. The molecule has 3 heterocycles. The molecule has 2 N–H and O–H groups in total. The number of nitrogens with one attached hydrogen (secondary N) is 2. The highest BCUT2D eigenvalue weighted by atomic mass is 16.6. The molecular weight excluding hydrogens is 336 g/mol. The molecule has 1 aromatic carbocycles. The molecule has 140 valence electrons. The van der Waals surface area contributed by atoms with Crippen LogP contribution in [0.3, 0.4) is 0 Å². The van der Waals surface area contributed by atoms with Crippen molar-refractivity contribution in [1.29, 1.82) is 0 Å². The van der Waals surface area contributed by atoms with Crippen molar-refractivity contribution in [3.63, 3.8) is 0 Å². The summed E-state index contributed by atoms with van der Waals surface area (Å²) in [7, 11) is 0. The lowest BCUT2D eigenvalue weighted by atomic mass is 10.0. The number of rotatable bonds is 3. The van der Waals surface area contributed by atoms with E-state index in [4.69, 9.17) is 9.47 Å². The zero-order valence-corrected chi connectivity index (χ0v) is 14.6. The third kappa shape index (κ3) is 3.47. The largest absolute Gasteiger partial charge is 0.376 e. The number of hydrogen-bond donors (Lipinski definition) is 2. The van der Waals surface area contributed by atoms with Crippen LogP contribution >= 0.6 is 0 Å². The van der Waals surface area contributed by atoms with Gasteiger partial charge in [0.15, 0.2) is 0 Å². The van der Waals surface area contributed by atoms with Crippen molar-refractivity contribution in [3.05, 3.63) is 34.7 Å². The second-order valence-corrected chi connectivity index (χ2v) is 6.79. The molecule has 0 saturated carbocycles. The van der Waals surface area contributed by atoms with Gasteiger partial charge in [-0.15, -0.1) is 0 Å². The molecule has 1 unspecified atom stereocenters. The number of amides is 2. The Kier molecular flexibility index (Phi) is 4.94. The van der Waals surface area contributed by atoms with E-state index in [1.54, 1.807) is 4.90 Å². The SMILES string of the molecule is O=C(NCC1COCCO1)N1CCC(n2c(=O)[nH]c3ccccc32)CC1. The van der Waals surface area contributed by atoms with Crippen molar-refractivity contribution in [3.8, 4) is 0 Å². The number of piperidine rings is 1. The van der Waals surface area contributed by atoms with Crippen molar-refractivity contribution >= 4 is 17.1 Å². The molecule has 2 aliphatic rings. The van der Waals surface area contributed by atoms with Crippen molar-refractivity contribution in [2.45, 2.75) is 25.0 Å². The molecule has 0 bridgehead atoms. The van der Waals surface area contributed by atoms with Gasteiger partial charge in [-0.25, -0.2) is 9.59 Å². The fourth-order valence-corrected chi connectivity index (χ4v) is 3.73. The molecule has 2 amide bonds. The van der Waals surface area contributed by atoms with E-state index < -0.39 is 0 Å². The maximum atomic E-state index is 12.4. The topological polar surface area (TPSA) is 88.6 Å². The van der Waals surface area contributed by atoms with Gasteiger partial charge in [-0.2, -0.15) is 0 Å². The number of H-pyrrole nitrogens is 1. The van der Waals surface area contributed by atoms with Crippen LogP contribution in [0.15, 0.2) is 29.1 Å². The summed E-state index contributed by atoms with van der Waals surface area (Å²) in [6.07, 6.45) is 1.45. The molecule has 2 saturated heterocycles. The molecule has 0 aliphatic carbocycles. The predicted octanol–water partition coefficient (Wildman–Crippen LogP) is 1.09. The van der Waals surface area contributed by atoms with E-state index in [9.17, 15) is 9.59 Å². The van der Waals surface area contributed by atoms with E-state index in [2.05, 4.69) is 10.3 Å².